The van der Waals surface area contributed by atoms with Gasteiger partial charge >= 0.3 is 0 Å². The van der Waals surface area contributed by atoms with Crippen LogP contribution in [0.4, 0.5) is 8.78 Å². The van der Waals surface area contributed by atoms with E-state index >= 15 is 0 Å². The number of carbonyl (C=O) groups excluding carboxylic acids is 1. The Hall–Kier alpha value is -4.01. The number of nitrogens with one attached hydrogen (secondary N) is 1. The summed E-state index contributed by atoms with van der Waals surface area (Å²) < 4.78 is 36.1. The smallest absolute Gasteiger partial charge is 0.272 e. The van der Waals surface area contributed by atoms with Crippen LogP contribution in [0.3, 0.4) is 0 Å². The van der Waals surface area contributed by atoms with Crippen LogP contribution >= 0.6 is 0 Å². The number of hydrogen-bond donors (Lipinski definition) is 1. The van der Waals surface area contributed by atoms with E-state index in [4.69, 9.17) is 4.74 Å². The molecular formula is C25H23F2N5O2. The number of nitrogens with zero attached hydrogens (tertiary/aromatic N) is 4. The second kappa shape index (κ2) is 8.74. The van der Waals surface area contributed by atoms with Gasteiger partial charge in [-0.1, -0.05) is 12.1 Å². The number of imidazole rings is 1. The molecule has 2 aromatic carbocycles. The van der Waals surface area contributed by atoms with Crippen LogP contribution in [0.1, 0.15) is 45.6 Å². The molecule has 1 atom stereocenters. The minimum absolute atomic E-state index is 0.277. The number of hydrogen-bond acceptors (Lipinski definition) is 4. The summed E-state index contributed by atoms with van der Waals surface area (Å²) in [5.74, 6) is -0.941. The number of rotatable bonds is 6. The minimum atomic E-state index is -0.960. The van der Waals surface area contributed by atoms with Crippen LogP contribution in [0.5, 0.6) is 5.75 Å². The van der Waals surface area contributed by atoms with Crippen LogP contribution in [0.15, 0.2) is 54.9 Å². The van der Waals surface area contributed by atoms with Crippen molar-refractivity contribution in [1.82, 2.24) is 24.6 Å². The maximum atomic E-state index is 13.9. The van der Waals surface area contributed by atoms with Crippen LogP contribution < -0.4 is 10.1 Å². The lowest BCUT2D eigenvalue weighted by Gasteiger charge is -2.19. The molecule has 34 heavy (non-hydrogen) atoms. The van der Waals surface area contributed by atoms with Crippen molar-refractivity contribution in [2.75, 3.05) is 7.11 Å². The highest BCUT2D eigenvalue weighted by molar-refractivity contribution is 5.94. The molecule has 174 valence electrons. The van der Waals surface area contributed by atoms with Crippen molar-refractivity contribution in [2.45, 2.75) is 25.3 Å². The molecule has 9 heteroatoms. The molecule has 0 fully saturated rings. The van der Waals surface area contributed by atoms with Gasteiger partial charge in [-0.25, -0.2) is 18.4 Å². The Balaban J connectivity index is 1.53. The normalized spacial score (nSPS) is 13.5. The Bertz CT molecular complexity index is 1380. The third-order valence-electron chi connectivity index (χ3n) is 6.11. The topological polar surface area (TPSA) is 74.0 Å². The highest BCUT2D eigenvalue weighted by atomic mass is 19.2. The third-order valence-corrected chi connectivity index (χ3v) is 6.11. The molecular weight excluding hydrogens is 440 g/mol. The Labute approximate surface area is 195 Å². The Morgan fingerprint density at radius 1 is 1.15 bits per heavy atom. The number of carbonyl (C=O) groups is 1. The molecule has 2 aromatic heterocycles. The molecule has 1 unspecified atom stereocenters. The van der Waals surface area contributed by atoms with Gasteiger partial charge in [0.1, 0.15) is 17.6 Å². The van der Waals surface area contributed by atoms with Gasteiger partial charge in [0.2, 0.25) is 0 Å². The van der Waals surface area contributed by atoms with E-state index in [2.05, 4.69) is 15.4 Å². The lowest BCUT2D eigenvalue weighted by molar-refractivity contribution is 0.0934. The Morgan fingerprint density at radius 2 is 2.00 bits per heavy atom. The zero-order valence-corrected chi connectivity index (χ0v) is 18.8. The number of ether oxygens (including phenoxy) is 1. The predicted molar refractivity (Wildman–Crippen MR) is 121 cm³/mol. The van der Waals surface area contributed by atoms with Gasteiger partial charge in [-0.15, -0.1) is 0 Å². The highest BCUT2D eigenvalue weighted by Gasteiger charge is 2.30. The maximum Gasteiger partial charge on any atom is 0.272 e. The molecule has 1 aliphatic rings. The summed E-state index contributed by atoms with van der Waals surface area (Å²) in [6, 6.07) is 10.5. The van der Waals surface area contributed by atoms with Crippen LogP contribution in [-0.4, -0.2) is 32.3 Å². The average Bonchev–Trinajstić information content (AvgIpc) is 3.56. The molecule has 0 saturated carbocycles. The maximum absolute atomic E-state index is 13.9. The molecule has 1 amide bonds. The molecule has 5 rings (SSSR count). The molecule has 2 heterocycles. The second-order valence-electron chi connectivity index (χ2n) is 8.22. The second-order valence-corrected chi connectivity index (χ2v) is 8.22. The number of benzene rings is 2. The molecule has 0 aliphatic heterocycles. The quantitative estimate of drug-likeness (QED) is 0.471. The Morgan fingerprint density at radius 3 is 2.74 bits per heavy atom. The summed E-state index contributed by atoms with van der Waals surface area (Å²) in [5, 5.41) is 7.59. The fraction of sp³-hybridized carbons (Fsp3) is 0.240. The Kier molecular flexibility index (Phi) is 5.61. The minimum Gasteiger partial charge on any atom is -0.497 e. The van der Waals surface area contributed by atoms with Crippen LogP contribution in [0.25, 0.3) is 5.69 Å². The molecule has 4 aromatic rings. The summed E-state index contributed by atoms with van der Waals surface area (Å²) in [6.45, 7) is 0. The third kappa shape index (κ3) is 3.83. The van der Waals surface area contributed by atoms with Crippen LogP contribution in [0, 0.1) is 11.6 Å². The van der Waals surface area contributed by atoms with E-state index in [1.54, 1.807) is 18.0 Å². The SMILES string of the molecule is COc1cccc(C(NC(=O)c2nn(-c3ccc(F)c(F)c3)c3c2CCC3)c2nccn2C)c1. The molecule has 1 aliphatic carbocycles. The summed E-state index contributed by atoms with van der Waals surface area (Å²) in [4.78, 5) is 18.0. The molecule has 1 N–H and O–H groups in total. The van der Waals surface area contributed by atoms with Crippen molar-refractivity contribution in [3.8, 4) is 11.4 Å². The monoisotopic (exact) mass is 463 g/mol. The zero-order chi connectivity index (χ0) is 23.8. The largest absolute Gasteiger partial charge is 0.497 e. The van der Waals surface area contributed by atoms with Crippen molar-refractivity contribution in [3.63, 3.8) is 0 Å². The molecule has 7 nitrogen and oxygen atoms in total. The predicted octanol–water partition coefficient (Wildman–Crippen LogP) is 3.90. The number of amides is 1. The van der Waals surface area contributed by atoms with Gasteiger partial charge in [0.05, 0.1) is 12.8 Å². The van der Waals surface area contributed by atoms with Crippen molar-refractivity contribution >= 4 is 5.91 Å². The van der Waals surface area contributed by atoms with Crippen LogP contribution in [0.2, 0.25) is 0 Å². The fourth-order valence-corrected chi connectivity index (χ4v) is 4.42. The van der Waals surface area contributed by atoms with E-state index in [1.165, 1.54) is 6.07 Å². The van der Waals surface area contributed by atoms with Gasteiger partial charge in [-0.3, -0.25) is 4.79 Å². The summed E-state index contributed by atoms with van der Waals surface area (Å²) in [6.07, 6.45) is 5.73. The first kappa shape index (κ1) is 21.8. The van der Waals surface area contributed by atoms with Gasteiger partial charge in [0, 0.05) is 36.8 Å². The van der Waals surface area contributed by atoms with Gasteiger partial charge in [0.15, 0.2) is 17.3 Å². The van der Waals surface area contributed by atoms with Crippen molar-refractivity contribution in [2.24, 2.45) is 7.05 Å². The summed E-state index contributed by atoms with van der Waals surface area (Å²) in [5.41, 5.74) is 3.13. The fourth-order valence-electron chi connectivity index (χ4n) is 4.42. The number of halogens is 2. The van der Waals surface area contributed by atoms with E-state index in [0.717, 1.165) is 35.4 Å². The van der Waals surface area contributed by atoms with Crippen molar-refractivity contribution < 1.29 is 18.3 Å². The summed E-state index contributed by atoms with van der Waals surface area (Å²) in [7, 11) is 3.44. The van der Waals surface area contributed by atoms with E-state index in [0.29, 0.717) is 30.1 Å². The molecule has 0 bridgehead atoms. The van der Waals surface area contributed by atoms with Gasteiger partial charge in [-0.2, -0.15) is 5.10 Å². The highest BCUT2D eigenvalue weighted by Crippen LogP contribution is 2.30. The lowest BCUT2D eigenvalue weighted by Crippen LogP contribution is -2.32. The van der Waals surface area contributed by atoms with E-state index in [9.17, 15) is 13.6 Å². The molecule has 0 radical (unpaired) electrons. The first-order valence-electron chi connectivity index (χ1n) is 10.9. The first-order chi connectivity index (χ1) is 16.5. The van der Waals surface area contributed by atoms with Gasteiger partial charge in [0.25, 0.3) is 5.91 Å². The number of methoxy groups -OCH3 is 1. The van der Waals surface area contributed by atoms with E-state index < -0.39 is 17.7 Å². The number of aryl methyl sites for hydroxylation is 1. The van der Waals surface area contributed by atoms with Gasteiger partial charge in [-0.05, 0) is 49.1 Å². The lowest BCUT2D eigenvalue weighted by atomic mass is 10.0. The van der Waals surface area contributed by atoms with Crippen molar-refractivity contribution in [1.29, 1.82) is 0 Å². The van der Waals surface area contributed by atoms with E-state index in [-0.39, 0.29) is 11.6 Å². The van der Waals surface area contributed by atoms with Gasteiger partial charge < -0.3 is 14.6 Å². The zero-order valence-electron chi connectivity index (χ0n) is 18.8. The van der Waals surface area contributed by atoms with Crippen LogP contribution in [-0.2, 0) is 19.9 Å². The average molecular weight is 463 g/mol. The molecule has 0 spiro atoms. The van der Waals surface area contributed by atoms with E-state index in [1.807, 2.05) is 42.1 Å². The number of aromatic nitrogens is 4. The standard InChI is InChI=1S/C25H23F2N5O2/c1-31-12-11-28-24(31)22(15-5-3-6-17(13-15)34-2)29-25(33)23-18-7-4-8-21(18)32(30-23)16-9-10-19(26)20(27)14-16/h3,5-6,9-14,22H,4,7-8H2,1-2H3,(H,29,33). The summed E-state index contributed by atoms with van der Waals surface area (Å²) >= 11 is 0. The molecule has 0 saturated heterocycles. The van der Waals surface area contributed by atoms with Crippen molar-refractivity contribution in [3.05, 3.63) is 94.8 Å². The number of fused-ring (bicyclic) bond motifs is 1. The first-order valence-corrected chi connectivity index (χ1v) is 10.9.